The topological polar surface area (TPSA) is 38.7 Å². The fourth-order valence-electron chi connectivity index (χ4n) is 2.82. The standard InChI is InChI=1S/C19H11N3S/c1-2-6-16-14(5-1)22-19(23-16)15-10-9-13-8-7-12-4-3-11-20-17(12)18(13)21-15/h1-11H. The van der Waals surface area contributed by atoms with Crippen LogP contribution < -0.4 is 0 Å². The fourth-order valence-corrected chi connectivity index (χ4v) is 3.76. The van der Waals surface area contributed by atoms with E-state index in [0.29, 0.717) is 0 Å². The molecule has 0 aliphatic carbocycles. The van der Waals surface area contributed by atoms with Crippen molar-refractivity contribution in [1.29, 1.82) is 0 Å². The SMILES string of the molecule is c1cnc2c(c1)ccc1ccc(-c3nc4ccccc4s3)nc12. The van der Waals surface area contributed by atoms with Crippen LogP contribution in [0.4, 0.5) is 0 Å². The Morgan fingerprint density at radius 3 is 2.43 bits per heavy atom. The second kappa shape index (κ2) is 4.83. The molecule has 0 saturated carbocycles. The van der Waals surface area contributed by atoms with Gasteiger partial charge in [-0.25, -0.2) is 9.97 Å². The molecule has 0 fully saturated rings. The van der Waals surface area contributed by atoms with Crippen molar-refractivity contribution in [3.8, 4) is 10.7 Å². The largest absolute Gasteiger partial charge is 0.254 e. The van der Waals surface area contributed by atoms with Crippen molar-refractivity contribution in [2.45, 2.75) is 0 Å². The van der Waals surface area contributed by atoms with Crippen LogP contribution in [0.3, 0.4) is 0 Å². The lowest BCUT2D eigenvalue weighted by molar-refractivity contribution is 1.35. The molecule has 0 unspecified atom stereocenters. The van der Waals surface area contributed by atoms with Gasteiger partial charge in [0.05, 0.1) is 26.9 Å². The Bertz CT molecular complexity index is 1140. The summed E-state index contributed by atoms with van der Waals surface area (Å²) in [4.78, 5) is 14.1. The number of benzene rings is 2. The molecular formula is C19H11N3S. The summed E-state index contributed by atoms with van der Waals surface area (Å²) < 4.78 is 1.18. The van der Waals surface area contributed by atoms with E-state index in [-0.39, 0.29) is 0 Å². The molecule has 3 nitrogen and oxygen atoms in total. The van der Waals surface area contributed by atoms with Crippen molar-refractivity contribution in [3.05, 3.63) is 66.9 Å². The van der Waals surface area contributed by atoms with Crippen LogP contribution in [-0.4, -0.2) is 15.0 Å². The van der Waals surface area contributed by atoms with Crippen molar-refractivity contribution in [2.75, 3.05) is 0 Å². The molecule has 3 aromatic heterocycles. The molecule has 0 aliphatic heterocycles. The smallest absolute Gasteiger partial charge is 0.143 e. The Kier molecular flexibility index (Phi) is 2.66. The molecule has 2 aromatic carbocycles. The molecule has 0 atom stereocenters. The summed E-state index contributed by atoms with van der Waals surface area (Å²) in [6.45, 7) is 0. The second-order valence-corrected chi connectivity index (χ2v) is 6.43. The monoisotopic (exact) mass is 313 g/mol. The van der Waals surface area contributed by atoms with Gasteiger partial charge in [-0.05, 0) is 24.3 Å². The van der Waals surface area contributed by atoms with Crippen molar-refractivity contribution < 1.29 is 0 Å². The third-order valence-electron chi connectivity index (χ3n) is 3.95. The molecule has 0 aliphatic rings. The highest BCUT2D eigenvalue weighted by atomic mass is 32.1. The third kappa shape index (κ3) is 1.99. The van der Waals surface area contributed by atoms with Crippen LogP contribution in [0.25, 0.3) is 42.7 Å². The van der Waals surface area contributed by atoms with E-state index in [9.17, 15) is 0 Å². The molecule has 0 amide bonds. The van der Waals surface area contributed by atoms with Gasteiger partial charge in [0.2, 0.25) is 0 Å². The number of pyridine rings is 2. The molecule has 0 spiro atoms. The first-order valence-corrected chi connectivity index (χ1v) is 8.21. The van der Waals surface area contributed by atoms with E-state index in [1.807, 2.05) is 36.5 Å². The first-order valence-electron chi connectivity index (χ1n) is 7.39. The van der Waals surface area contributed by atoms with Gasteiger partial charge in [-0.3, -0.25) is 4.98 Å². The average Bonchev–Trinajstić information content (AvgIpc) is 3.05. The summed E-state index contributed by atoms with van der Waals surface area (Å²) in [5, 5.41) is 3.15. The normalized spacial score (nSPS) is 11.5. The highest BCUT2D eigenvalue weighted by Gasteiger charge is 2.09. The van der Waals surface area contributed by atoms with Gasteiger partial charge in [0.25, 0.3) is 0 Å². The maximum Gasteiger partial charge on any atom is 0.143 e. The predicted molar refractivity (Wildman–Crippen MR) is 95.7 cm³/mol. The van der Waals surface area contributed by atoms with Crippen LogP contribution in [0.5, 0.6) is 0 Å². The molecular weight excluding hydrogens is 302 g/mol. The summed E-state index contributed by atoms with van der Waals surface area (Å²) >= 11 is 1.67. The Labute approximate surface area is 136 Å². The van der Waals surface area contributed by atoms with Crippen molar-refractivity contribution >= 4 is 43.4 Å². The van der Waals surface area contributed by atoms with E-state index in [1.54, 1.807) is 11.3 Å². The van der Waals surface area contributed by atoms with Crippen LogP contribution in [0.15, 0.2) is 66.9 Å². The molecule has 0 radical (unpaired) electrons. The number of rotatable bonds is 1. The van der Waals surface area contributed by atoms with Crippen LogP contribution >= 0.6 is 11.3 Å². The lowest BCUT2D eigenvalue weighted by Crippen LogP contribution is -1.88. The molecule has 5 rings (SSSR count). The Hall–Kier alpha value is -2.85. The molecule has 23 heavy (non-hydrogen) atoms. The van der Waals surface area contributed by atoms with Crippen molar-refractivity contribution in [2.24, 2.45) is 0 Å². The molecule has 4 heteroatoms. The molecule has 5 aromatic rings. The fraction of sp³-hybridized carbons (Fsp3) is 0. The van der Waals surface area contributed by atoms with Crippen LogP contribution in [0, 0.1) is 0 Å². The molecule has 0 N–H and O–H groups in total. The Morgan fingerprint density at radius 1 is 0.696 bits per heavy atom. The average molecular weight is 313 g/mol. The molecule has 0 saturated heterocycles. The first-order chi connectivity index (χ1) is 11.4. The Morgan fingerprint density at radius 2 is 1.52 bits per heavy atom. The number of thiazole rings is 1. The van der Waals surface area contributed by atoms with E-state index in [4.69, 9.17) is 9.97 Å². The van der Waals surface area contributed by atoms with E-state index < -0.39 is 0 Å². The quantitative estimate of drug-likeness (QED) is 0.406. The van der Waals surface area contributed by atoms with Crippen molar-refractivity contribution in [1.82, 2.24) is 15.0 Å². The van der Waals surface area contributed by atoms with E-state index in [1.165, 1.54) is 4.70 Å². The third-order valence-corrected chi connectivity index (χ3v) is 5.00. The van der Waals surface area contributed by atoms with E-state index in [0.717, 1.165) is 38.0 Å². The number of hydrogen-bond donors (Lipinski definition) is 0. The summed E-state index contributed by atoms with van der Waals surface area (Å²) in [6.07, 6.45) is 1.81. The summed E-state index contributed by atoms with van der Waals surface area (Å²) in [5.41, 5.74) is 3.79. The van der Waals surface area contributed by atoms with Gasteiger partial charge >= 0.3 is 0 Å². The van der Waals surface area contributed by atoms with Gasteiger partial charge in [-0.2, -0.15) is 0 Å². The van der Waals surface area contributed by atoms with Gasteiger partial charge < -0.3 is 0 Å². The van der Waals surface area contributed by atoms with Crippen LogP contribution in [0.2, 0.25) is 0 Å². The van der Waals surface area contributed by atoms with Gasteiger partial charge in [0.1, 0.15) is 5.01 Å². The zero-order valence-corrected chi connectivity index (χ0v) is 12.9. The predicted octanol–water partition coefficient (Wildman–Crippen LogP) is 5.06. The number of aromatic nitrogens is 3. The highest BCUT2D eigenvalue weighted by molar-refractivity contribution is 7.21. The molecule has 3 heterocycles. The zero-order chi connectivity index (χ0) is 15.2. The summed E-state index contributed by atoms with van der Waals surface area (Å²) in [6, 6.07) is 20.5. The zero-order valence-electron chi connectivity index (χ0n) is 12.1. The van der Waals surface area contributed by atoms with Gasteiger partial charge in [0.15, 0.2) is 0 Å². The lowest BCUT2D eigenvalue weighted by atomic mass is 10.1. The van der Waals surface area contributed by atoms with Gasteiger partial charge in [-0.1, -0.05) is 36.4 Å². The number of hydrogen-bond acceptors (Lipinski definition) is 4. The molecule has 0 bridgehead atoms. The minimum absolute atomic E-state index is 0.900. The highest BCUT2D eigenvalue weighted by Crippen LogP contribution is 2.31. The Balaban J connectivity index is 1.80. The van der Waals surface area contributed by atoms with Gasteiger partial charge in [-0.15, -0.1) is 11.3 Å². The lowest BCUT2D eigenvalue weighted by Gasteiger charge is -2.03. The first kappa shape index (κ1) is 12.7. The van der Waals surface area contributed by atoms with Crippen LogP contribution in [0.1, 0.15) is 0 Å². The second-order valence-electron chi connectivity index (χ2n) is 5.40. The minimum atomic E-state index is 0.900. The van der Waals surface area contributed by atoms with E-state index >= 15 is 0 Å². The maximum atomic E-state index is 4.85. The summed E-state index contributed by atoms with van der Waals surface area (Å²) in [7, 11) is 0. The van der Waals surface area contributed by atoms with Crippen LogP contribution in [-0.2, 0) is 0 Å². The van der Waals surface area contributed by atoms with E-state index in [2.05, 4.69) is 35.3 Å². The minimum Gasteiger partial charge on any atom is -0.254 e. The number of fused-ring (bicyclic) bond motifs is 4. The molecule has 108 valence electrons. The maximum absolute atomic E-state index is 4.85. The van der Waals surface area contributed by atoms with Crippen molar-refractivity contribution in [3.63, 3.8) is 0 Å². The van der Waals surface area contributed by atoms with Gasteiger partial charge in [0, 0.05) is 17.0 Å². The summed E-state index contributed by atoms with van der Waals surface area (Å²) in [5.74, 6) is 0. The number of para-hydroxylation sites is 1. The number of nitrogens with zero attached hydrogens (tertiary/aromatic N) is 3.